The third-order valence-electron chi connectivity index (χ3n) is 3.18. The highest BCUT2D eigenvalue weighted by Crippen LogP contribution is 2.35. The molecule has 2 rings (SSSR count). The summed E-state index contributed by atoms with van der Waals surface area (Å²) in [6, 6.07) is 4.03. The molecule has 112 valence electrons. The van der Waals surface area contributed by atoms with Crippen LogP contribution < -0.4 is 10.6 Å². The summed E-state index contributed by atoms with van der Waals surface area (Å²) < 4.78 is 0. The van der Waals surface area contributed by atoms with Crippen LogP contribution >= 0.6 is 11.8 Å². The molecule has 0 aliphatic carbocycles. The van der Waals surface area contributed by atoms with Gasteiger partial charge >= 0.3 is 5.97 Å². The largest absolute Gasteiger partial charge is 0.480 e. The molecule has 2 amide bonds. The quantitative estimate of drug-likeness (QED) is 0.787. The molecule has 1 aliphatic heterocycles. The summed E-state index contributed by atoms with van der Waals surface area (Å²) in [5.74, 6) is -1.64. The van der Waals surface area contributed by atoms with Crippen LogP contribution in [0.2, 0.25) is 0 Å². The Hall–Kier alpha value is -2.02. The van der Waals surface area contributed by atoms with Crippen molar-refractivity contribution in [1.29, 1.82) is 0 Å². The van der Waals surface area contributed by atoms with Crippen molar-refractivity contribution in [3.63, 3.8) is 0 Å². The van der Waals surface area contributed by atoms with E-state index >= 15 is 0 Å². The molecule has 0 bridgehead atoms. The highest BCUT2D eigenvalue weighted by molar-refractivity contribution is 8.00. The van der Waals surface area contributed by atoms with E-state index in [4.69, 9.17) is 5.11 Å². The molecule has 1 aromatic carbocycles. The third kappa shape index (κ3) is 3.36. The molecule has 0 radical (unpaired) electrons. The second kappa shape index (κ2) is 6.17. The van der Waals surface area contributed by atoms with Crippen molar-refractivity contribution in [2.45, 2.75) is 36.5 Å². The van der Waals surface area contributed by atoms with Crippen molar-refractivity contribution in [3.05, 3.63) is 23.8 Å². The van der Waals surface area contributed by atoms with E-state index < -0.39 is 17.9 Å². The number of rotatable bonds is 4. The van der Waals surface area contributed by atoms with Crippen molar-refractivity contribution in [3.8, 4) is 0 Å². The first-order valence-corrected chi connectivity index (χ1v) is 7.45. The van der Waals surface area contributed by atoms with Gasteiger partial charge in [0.2, 0.25) is 5.91 Å². The van der Waals surface area contributed by atoms with Crippen LogP contribution in [-0.4, -0.2) is 34.2 Å². The highest BCUT2D eigenvalue weighted by atomic mass is 32.2. The molecule has 3 N–H and O–H groups in total. The van der Waals surface area contributed by atoms with E-state index in [0.29, 0.717) is 17.7 Å². The lowest BCUT2D eigenvalue weighted by atomic mass is 10.1. The van der Waals surface area contributed by atoms with Crippen molar-refractivity contribution in [1.82, 2.24) is 5.32 Å². The van der Waals surface area contributed by atoms with Gasteiger partial charge in [-0.1, -0.05) is 6.92 Å². The molecule has 2 unspecified atom stereocenters. The van der Waals surface area contributed by atoms with Crippen LogP contribution in [0, 0.1) is 0 Å². The van der Waals surface area contributed by atoms with Gasteiger partial charge in [-0.05, 0) is 31.5 Å². The number of carboxylic acid groups (broad SMARTS) is 1. The lowest BCUT2D eigenvalue weighted by Gasteiger charge is -2.22. The van der Waals surface area contributed by atoms with Gasteiger partial charge in [-0.15, -0.1) is 11.8 Å². The number of hydrogen-bond donors (Lipinski definition) is 3. The van der Waals surface area contributed by atoms with Crippen molar-refractivity contribution in [2.24, 2.45) is 0 Å². The van der Waals surface area contributed by atoms with Gasteiger partial charge in [0.15, 0.2) is 0 Å². The Kier molecular flexibility index (Phi) is 4.52. The van der Waals surface area contributed by atoms with Crippen LogP contribution in [0.4, 0.5) is 5.69 Å². The van der Waals surface area contributed by atoms with Crippen LogP contribution in [0.5, 0.6) is 0 Å². The lowest BCUT2D eigenvalue weighted by molar-refractivity contribution is -0.139. The first-order valence-electron chi connectivity index (χ1n) is 6.57. The molecule has 7 heteroatoms. The maximum absolute atomic E-state index is 12.1. The Bertz CT molecular complexity index is 603. The molecule has 6 nitrogen and oxygen atoms in total. The molecule has 0 spiro atoms. The molecule has 1 aromatic rings. The minimum absolute atomic E-state index is 0.109. The van der Waals surface area contributed by atoms with E-state index in [1.54, 1.807) is 25.1 Å². The van der Waals surface area contributed by atoms with Gasteiger partial charge in [-0.3, -0.25) is 9.59 Å². The smallest absolute Gasteiger partial charge is 0.326 e. The van der Waals surface area contributed by atoms with Gasteiger partial charge in [0, 0.05) is 10.5 Å². The number of carboxylic acids is 1. The summed E-state index contributed by atoms with van der Waals surface area (Å²) in [5.41, 5.74) is 0.906. The normalized spacial score (nSPS) is 18.4. The zero-order chi connectivity index (χ0) is 15.6. The van der Waals surface area contributed by atoms with Crippen LogP contribution in [0.3, 0.4) is 0 Å². The van der Waals surface area contributed by atoms with Gasteiger partial charge in [-0.25, -0.2) is 4.79 Å². The maximum Gasteiger partial charge on any atom is 0.326 e. The fourth-order valence-electron chi connectivity index (χ4n) is 1.93. The van der Waals surface area contributed by atoms with Crippen molar-refractivity contribution < 1.29 is 19.5 Å². The van der Waals surface area contributed by atoms with Gasteiger partial charge in [0.25, 0.3) is 5.91 Å². The number of amides is 2. The first kappa shape index (κ1) is 15.4. The Morgan fingerprint density at radius 2 is 2.19 bits per heavy atom. The van der Waals surface area contributed by atoms with Gasteiger partial charge in [-0.2, -0.15) is 0 Å². The molecule has 0 aromatic heterocycles. The van der Waals surface area contributed by atoms with E-state index in [-0.39, 0.29) is 11.2 Å². The lowest BCUT2D eigenvalue weighted by Crippen LogP contribution is -2.40. The van der Waals surface area contributed by atoms with E-state index in [9.17, 15) is 14.4 Å². The molecular weight excluding hydrogens is 292 g/mol. The summed E-state index contributed by atoms with van der Waals surface area (Å²) in [6.07, 6.45) is 0.302. The number of carbonyl (C=O) groups is 3. The number of aliphatic carboxylic acids is 1. The highest BCUT2D eigenvalue weighted by Gasteiger charge is 2.24. The number of thioether (sulfide) groups is 1. The van der Waals surface area contributed by atoms with E-state index in [1.807, 2.05) is 6.92 Å². The summed E-state index contributed by atoms with van der Waals surface area (Å²) in [7, 11) is 0. The third-order valence-corrected chi connectivity index (χ3v) is 4.36. The SMILES string of the molecule is CCC(NC(=O)c1ccc2c(c1)NC(=O)C(C)S2)C(=O)O. The van der Waals surface area contributed by atoms with Crippen LogP contribution in [0.1, 0.15) is 30.6 Å². The van der Waals surface area contributed by atoms with Crippen molar-refractivity contribution in [2.75, 3.05) is 5.32 Å². The first-order chi connectivity index (χ1) is 9.92. The number of fused-ring (bicyclic) bond motifs is 1. The number of anilines is 1. The van der Waals surface area contributed by atoms with Crippen molar-refractivity contribution >= 4 is 35.2 Å². The fourth-order valence-corrected chi connectivity index (χ4v) is 2.86. The molecule has 1 heterocycles. The molecule has 0 fully saturated rings. The average molecular weight is 308 g/mol. The summed E-state index contributed by atoms with van der Waals surface area (Å²) >= 11 is 1.43. The van der Waals surface area contributed by atoms with E-state index in [0.717, 1.165) is 4.90 Å². The number of nitrogens with one attached hydrogen (secondary N) is 2. The second-order valence-electron chi connectivity index (χ2n) is 4.73. The molecule has 1 aliphatic rings. The zero-order valence-corrected chi connectivity index (χ0v) is 12.5. The standard InChI is InChI=1S/C14H16N2O4S/c1-3-9(14(19)20)15-13(18)8-4-5-11-10(6-8)16-12(17)7(2)21-11/h4-7,9H,3H2,1-2H3,(H,15,18)(H,16,17)(H,19,20). The Labute approximate surface area is 126 Å². The second-order valence-corrected chi connectivity index (χ2v) is 6.12. The minimum atomic E-state index is -1.07. The summed E-state index contributed by atoms with van der Waals surface area (Å²) in [4.78, 5) is 35.5. The van der Waals surface area contributed by atoms with Gasteiger partial charge in [0.05, 0.1) is 10.9 Å². The predicted molar refractivity (Wildman–Crippen MR) is 79.6 cm³/mol. The summed E-state index contributed by atoms with van der Waals surface area (Å²) in [5, 5.41) is 14.0. The van der Waals surface area contributed by atoms with E-state index in [1.165, 1.54) is 11.8 Å². The van der Waals surface area contributed by atoms with Crippen LogP contribution in [0.15, 0.2) is 23.1 Å². The fraction of sp³-hybridized carbons (Fsp3) is 0.357. The van der Waals surface area contributed by atoms with E-state index in [2.05, 4.69) is 10.6 Å². The number of benzene rings is 1. The Balaban J connectivity index is 2.18. The average Bonchev–Trinajstić information content (AvgIpc) is 2.44. The molecular formula is C14H16N2O4S. The molecule has 2 atom stereocenters. The Morgan fingerprint density at radius 1 is 1.48 bits per heavy atom. The number of hydrogen-bond acceptors (Lipinski definition) is 4. The summed E-state index contributed by atoms with van der Waals surface area (Å²) in [6.45, 7) is 3.49. The zero-order valence-electron chi connectivity index (χ0n) is 11.7. The molecule has 21 heavy (non-hydrogen) atoms. The van der Waals surface area contributed by atoms with Crippen LogP contribution in [0.25, 0.3) is 0 Å². The van der Waals surface area contributed by atoms with Crippen LogP contribution in [-0.2, 0) is 9.59 Å². The maximum atomic E-state index is 12.1. The predicted octanol–water partition coefficient (Wildman–Crippen LogP) is 1.71. The van der Waals surface area contributed by atoms with Gasteiger partial charge < -0.3 is 15.7 Å². The molecule has 0 saturated heterocycles. The Morgan fingerprint density at radius 3 is 2.81 bits per heavy atom. The molecule has 0 saturated carbocycles. The topological polar surface area (TPSA) is 95.5 Å². The number of carbonyl (C=O) groups excluding carboxylic acids is 2. The van der Waals surface area contributed by atoms with Gasteiger partial charge in [0.1, 0.15) is 6.04 Å². The minimum Gasteiger partial charge on any atom is -0.480 e. The monoisotopic (exact) mass is 308 g/mol.